The number of hydrogen-bond acceptors (Lipinski definition) is 6. The molecular weight excluding hydrogens is 554 g/mol. The van der Waals surface area contributed by atoms with Gasteiger partial charge in [0, 0.05) is 19.6 Å². The van der Waals surface area contributed by atoms with Gasteiger partial charge in [-0.05, 0) is 48.7 Å². The van der Waals surface area contributed by atoms with Gasteiger partial charge in [-0.25, -0.2) is 8.42 Å². The topological polar surface area (TPSA) is 105 Å². The minimum absolute atomic E-state index is 0.000573. The molecule has 0 aliphatic carbocycles. The largest absolute Gasteiger partial charge is 0.482 e. The molecule has 3 aromatic carbocycles. The number of benzene rings is 3. The zero-order chi connectivity index (χ0) is 28.1. The van der Waals surface area contributed by atoms with Gasteiger partial charge in [-0.15, -0.1) is 0 Å². The van der Waals surface area contributed by atoms with Crippen molar-refractivity contribution >= 4 is 39.1 Å². The lowest BCUT2D eigenvalue weighted by atomic mass is 10.1. The molecule has 40 heavy (non-hydrogen) atoms. The summed E-state index contributed by atoms with van der Waals surface area (Å²) >= 11 is 6.37. The van der Waals surface area contributed by atoms with Crippen LogP contribution in [0.25, 0.3) is 0 Å². The molecule has 11 heteroatoms. The number of anilines is 1. The minimum atomic E-state index is -3.65. The van der Waals surface area contributed by atoms with Crippen LogP contribution in [0, 0.1) is 0 Å². The van der Waals surface area contributed by atoms with Gasteiger partial charge in [-0.3, -0.25) is 9.59 Å². The number of carbonyl (C=O) groups is 2. The van der Waals surface area contributed by atoms with Crippen molar-refractivity contribution < 1.29 is 27.5 Å². The molecule has 0 aromatic heterocycles. The fraction of sp³-hybridized carbons (Fsp3) is 0.310. The van der Waals surface area contributed by atoms with E-state index in [1.165, 1.54) is 27.4 Å². The number of nitrogens with one attached hydrogen (secondary N) is 1. The quantitative estimate of drug-likeness (QED) is 0.430. The molecule has 3 aromatic rings. The minimum Gasteiger partial charge on any atom is -0.482 e. The van der Waals surface area contributed by atoms with Crippen molar-refractivity contribution in [1.29, 1.82) is 0 Å². The Bertz CT molecular complexity index is 1480. The number of rotatable bonds is 8. The molecule has 1 atom stereocenters. The Hall–Kier alpha value is -3.60. The van der Waals surface area contributed by atoms with Crippen molar-refractivity contribution in [2.45, 2.75) is 36.8 Å². The molecule has 0 unspecified atom stereocenters. The maximum Gasteiger partial charge on any atom is 0.265 e. The maximum atomic E-state index is 13.3. The summed E-state index contributed by atoms with van der Waals surface area (Å²) in [6.07, 6.45) is 1.76. The molecule has 1 N–H and O–H groups in total. The van der Waals surface area contributed by atoms with Gasteiger partial charge in [-0.1, -0.05) is 60.5 Å². The van der Waals surface area contributed by atoms with E-state index in [0.717, 1.165) is 24.8 Å². The van der Waals surface area contributed by atoms with Crippen LogP contribution in [0.3, 0.4) is 0 Å². The number of hydrogen-bond donors (Lipinski definition) is 1. The maximum absolute atomic E-state index is 13.3. The van der Waals surface area contributed by atoms with Crippen LogP contribution in [0.1, 0.15) is 24.8 Å². The Balaban J connectivity index is 1.25. The summed E-state index contributed by atoms with van der Waals surface area (Å²) in [4.78, 5) is 27.8. The van der Waals surface area contributed by atoms with Crippen LogP contribution in [0.5, 0.6) is 11.5 Å². The summed E-state index contributed by atoms with van der Waals surface area (Å²) in [5.74, 6) is -0.151. The van der Waals surface area contributed by atoms with Gasteiger partial charge in [0.1, 0.15) is 11.5 Å². The van der Waals surface area contributed by atoms with Gasteiger partial charge in [0.15, 0.2) is 12.7 Å². The monoisotopic (exact) mass is 583 g/mol. The van der Waals surface area contributed by atoms with E-state index in [9.17, 15) is 18.0 Å². The van der Waals surface area contributed by atoms with Gasteiger partial charge < -0.3 is 19.7 Å². The van der Waals surface area contributed by atoms with Crippen molar-refractivity contribution in [3.63, 3.8) is 0 Å². The summed E-state index contributed by atoms with van der Waals surface area (Å²) in [5.41, 5.74) is 1.47. The molecular formula is C29H30ClN3O6S. The lowest BCUT2D eigenvalue weighted by Gasteiger charge is -2.34. The van der Waals surface area contributed by atoms with Crippen LogP contribution in [0.2, 0.25) is 5.02 Å². The zero-order valence-corrected chi connectivity index (χ0v) is 23.4. The second-order valence-electron chi connectivity index (χ2n) is 9.63. The number of halogens is 1. The van der Waals surface area contributed by atoms with E-state index in [4.69, 9.17) is 21.1 Å². The fourth-order valence-corrected chi connectivity index (χ4v) is 6.58. The highest BCUT2D eigenvalue weighted by atomic mass is 35.5. The molecule has 0 spiro atoms. The van der Waals surface area contributed by atoms with Crippen LogP contribution in [-0.4, -0.2) is 56.9 Å². The van der Waals surface area contributed by atoms with Gasteiger partial charge in [0.05, 0.1) is 22.2 Å². The Morgan fingerprint density at radius 2 is 1.70 bits per heavy atom. The molecule has 0 saturated carbocycles. The third kappa shape index (κ3) is 6.24. The molecule has 1 saturated heterocycles. The van der Waals surface area contributed by atoms with E-state index in [1.54, 1.807) is 24.3 Å². The third-order valence-electron chi connectivity index (χ3n) is 6.88. The van der Waals surface area contributed by atoms with E-state index < -0.39 is 22.0 Å². The summed E-state index contributed by atoms with van der Waals surface area (Å²) in [5, 5.41) is 2.95. The molecule has 9 nitrogen and oxygen atoms in total. The highest BCUT2D eigenvalue weighted by Gasteiger charge is 2.34. The smallest absolute Gasteiger partial charge is 0.265 e. The molecule has 2 heterocycles. The molecule has 5 rings (SSSR count). The molecule has 0 radical (unpaired) electrons. The van der Waals surface area contributed by atoms with Crippen LogP contribution in [0.15, 0.2) is 77.7 Å². The lowest BCUT2D eigenvalue weighted by Crippen LogP contribution is -2.51. The number of carbonyl (C=O) groups excluding carboxylic acids is 2. The average molecular weight is 584 g/mol. The first-order valence-corrected chi connectivity index (χ1v) is 14.9. The van der Waals surface area contributed by atoms with Crippen LogP contribution >= 0.6 is 11.6 Å². The Morgan fingerprint density at radius 3 is 2.45 bits per heavy atom. The second-order valence-corrected chi connectivity index (χ2v) is 12.0. The van der Waals surface area contributed by atoms with E-state index in [0.29, 0.717) is 31.1 Å². The van der Waals surface area contributed by atoms with E-state index in [2.05, 4.69) is 5.32 Å². The number of piperidine rings is 1. The Morgan fingerprint density at radius 1 is 0.975 bits per heavy atom. The van der Waals surface area contributed by atoms with Gasteiger partial charge in [0.2, 0.25) is 10.0 Å². The van der Waals surface area contributed by atoms with Gasteiger partial charge >= 0.3 is 0 Å². The first-order valence-electron chi connectivity index (χ1n) is 13.1. The summed E-state index contributed by atoms with van der Waals surface area (Å²) in [6, 6.07) is 20.7. The van der Waals surface area contributed by atoms with E-state index >= 15 is 0 Å². The zero-order valence-electron chi connectivity index (χ0n) is 21.8. The summed E-state index contributed by atoms with van der Waals surface area (Å²) in [7, 11) is -3.65. The summed E-state index contributed by atoms with van der Waals surface area (Å²) < 4.78 is 39.0. The standard InChI is InChI=1S/C29H30ClN3O6S/c30-23-17-22(40(36,37)32-15-7-2-8-16-32)13-14-25(23)38-20-28(34)33-19-27(39-26-12-6-5-11-24(26)33)29(35)31-18-21-9-3-1-4-10-21/h1,3-6,9-14,17,27H,2,7-8,15-16,18-20H2,(H,31,35)/t27-/m1/s1. The third-order valence-corrected chi connectivity index (χ3v) is 9.07. The molecule has 2 amide bonds. The fourth-order valence-electron chi connectivity index (χ4n) is 4.74. The van der Waals surface area contributed by atoms with Crippen molar-refractivity contribution in [2.24, 2.45) is 0 Å². The Kier molecular flexibility index (Phi) is 8.58. The number of nitrogens with zero attached hydrogens (tertiary/aromatic N) is 2. The van der Waals surface area contributed by atoms with Gasteiger partial charge in [-0.2, -0.15) is 4.31 Å². The number of ether oxygens (including phenoxy) is 2. The highest BCUT2D eigenvalue weighted by molar-refractivity contribution is 7.89. The van der Waals surface area contributed by atoms with Crippen molar-refractivity contribution in [3.8, 4) is 11.5 Å². The van der Waals surface area contributed by atoms with Crippen LogP contribution in [-0.2, 0) is 26.2 Å². The predicted molar refractivity (Wildman–Crippen MR) is 151 cm³/mol. The first kappa shape index (κ1) is 27.9. The number of sulfonamides is 1. The molecule has 2 aliphatic heterocycles. The molecule has 0 bridgehead atoms. The normalized spacial score (nSPS) is 17.4. The van der Waals surface area contributed by atoms with Crippen molar-refractivity contribution in [1.82, 2.24) is 9.62 Å². The summed E-state index contributed by atoms with van der Waals surface area (Å²) in [6.45, 7) is 0.934. The lowest BCUT2D eigenvalue weighted by molar-refractivity contribution is -0.128. The van der Waals surface area contributed by atoms with Crippen molar-refractivity contribution in [3.05, 3.63) is 83.4 Å². The van der Waals surface area contributed by atoms with Crippen molar-refractivity contribution in [2.75, 3.05) is 31.1 Å². The number of para-hydroxylation sites is 2. The molecule has 210 valence electrons. The van der Waals surface area contributed by atoms with E-state index in [-0.39, 0.29) is 34.7 Å². The highest BCUT2D eigenvalue weighted by Crippen LogP contribution is 2.34. The second kappa shape index (κ2) is 12.3. The first-order chi connectivity index (χ1) is 19.3. The van der Waals surface area contributed by atoms with Crippen LogP contribution < -0.4 is 19.7 Å². The Labute approximate surface area is 238 Å². The molecule has 1 fully saturated rings. The van der Waals surface area contributed by atoms with Gasteiger partial charge in [0.25, 0.3) is 11.8 Å². The average Bonchev–Trinajstić information content (AvgIpc) is 2.99. The van der Waals surface area contributed by atoms with Crippen LogP contribution in [0.4, 0.5) is 5.69 Å². The predicted octanol–water partition coefficient (Wildman–Crippen LogP) is 4.00. The number of amides is 2. The SMILES string of the molecule is O=C(NCc1ccccc1)[C@H]1CN(C(=O)COc2ccc(S(=O)(=O)N3CCCCC3)cc2Cl)c2ccccc2O1. The molecule has 2 aliphatic rings. The number of fused-ring (bicyclic) bond motifs is 1. The van der Waals surface area contributed by atoms with E-state index in [1.807, 2.05) is 30.3 Å².